The van der Waals surface area contributed by atoms with E-state index in [0.717, 1.165) is 71.9 Å². The monoisotopic (exact) mass is 882 g/mol. The summed E-state index contributed by atoms with van der Waals surface area (Å²) in [4.78, 5) is 9.73. The predicted octanol–water partition coefficient (Wildman–Crippen LogP) is 10.6. The molecule has 8 heteroatoms. The Morgan fingerprint density at radius 2 is 1.43 bits per heavy atom. The zero-order chi connectivity index (χ0) is 36.6. The zero-order valence-electron chi connectivity index (χ0n) is 30.9. The molecule has 0 saturated carbocycles. The standard InChI is InChI=1S/C46H37N7.Pt/c1-27(2)31-16-13-17-32(28(3)4)42(31)45-51-50-44-36-24-37(29(25-47)22-35(36)33-14-7-9-18-38(33)53(44)45)46(5,6)30-23-40-43(49-26-30)34-15-8-10-19-39(34)52(40)41-20-11-12-21-48-41;/h7-22,26-28H,1-6H3;/q-2;+2. The molecule has 0 saturated heterocycles. The molecule has 0 amide bonds. The molecule has 0 fully saturated rings. The van der Waals surface area contributed by atoms with Gasteiger partial charge in [0.05, 0.1) is 5.65 Å². The fourth-order valence-corrected chi connectivity index (χ4v) is 7.99. The molecule has 7 nitrogen and oxygen atoms in total. The van der Waals surface area contributed by atoms with Gasteiger partial charge in [-0.15, -0.1) is 28.4 Å². The van der Waals surface area contributed by atoms with E-state index in [4.69, 9.17) is 20.2 Å². The van der Waals surface area contributed by atoms with Crippen LogP contribution in [0.5, 0.6) is 0 Å². The zero-order valence-corrected chi connectivity index (χ0v) is 33.2. The number of hydrogen-bond acceptors (Lipinski definition) is 5. The van der Waals surface area contributed by atoms with Crippen molar-refractivity contribution in [2.75, 3.05) is 0 Å². The Hall–Kier alpha value is -5.70. The van der Waals surface area contributed by atoms with E-state index in [1.807, 2.05) is 54.7 Å². The average Bonchev–Trinajstić information content (AvgIpc) is 3.77. The molecule has 0 bridgehead atoms. The van der Waals surface area contributed by atoms with Gasteiger partial charge in [0.25, 0.3) is 0 Å². The number of fused-ring (bicyclic) bond motifs is 9. The molecule has 9 aromatic rings. The van der Waals surface area contributed by atoms with E-state index in [2.05, 4.69) is 111 Å². The van der Waals surface area contributed by atoms with E-state index >= 15 is 0 Å². The molecule has 0 aliphatic rings. The van der Waals surface area contributed by atoms with Crippen LogP contribution in [0.15, 0.2) is 103 Å². The van der Waals surface area contributed by atoms with Crippen LogP contribution in [0.25, 0.3) is 66.5 Å². The van der Waals surface area contributed by atoms with Crippen LogP contribution in [0.4, 0.5) is 0 Å². The van der Waals surface area contributed by atoms with Crippen LogP contribution in [0.3, 0.4) is 0 Å². The van der Waals surface area contributed by atoms with Crippen molar-refractivity contribution < 1.29 is 21.1 Å². The Morgan fingerprint density at radius 1 is 0.741 bits per heavy atom. The number of nitrogens with zero attached hydrogens (tertiary/aromatic N) is 7. The molecule has 0 aliphatic carbocycles. The summed E-state index contributed by atoms with van der Waals surface area (Å²) in [5, 5.41) is 24.3. The summed E-state index contributed by atoms with van der Waals surface area (Å²) < 4.78 is 4.30. The van der Waals surface area contributed by atoms with E-state index in [-0.39, 0.29) is 21.1 Å². The molecule has 0 spiro atoms. The van der Waals surface area contributed by atoms with E-state index < -0.39 is 5.41 Å². The summed E-state index contributed by atoms with van der Waals surface area (Å²) >= 11 is 0. The number of nitriles is 1. The van der Waals surface area contributed by atoms with Gasteiger partial charge in [-0.25, -0.2) is 10.2 Å². The van der Waals surface area contributed by atoms with E-state index in [9.17, 15) is 5.26 Å². The first-order chi connectivity index (χ1) is 25.7. The molecule has 0 aliphatic heterocycles. The minimum Gasteiger partial charge on any atom is -0.380 e. The Bertz CT molecular complexity index is 2920. The van der Waals surface area contributed by atoms with E-state index in [1.54, 1.807) is 6.20 Å². The summed E-state index contributed by atoms with van der Waals surface area (Å²) in [7, 11) is 0. The number of rotatable bonds is 6. The van der Waals surface area contributed by atoms with Crippen molar-refractivity contribution >= 4 is 49.3 Å². The number of para-hydroxylation sites is 2. The third kappa shape index (κ3) is 5.27. The molecule has 9 rings (SSSR count). The number of benzene rings is 4. The van der Waals surface area contributed by atoms with E-state index in [0.29, 0.717) is 23.0 Å². The summed E-state index contributed by atoms with van der Waals surface area (Å²) in [6.45, 7) is 13.1. The van der Waals surface area contributed by atoms with Crippen LogP contribution in [0, 0.1) is 23.5 Å². The molecule has 5 heterocycles. The van der Waals surface area contributed by atoms with Crippen LogP contribution in [0.1, 0.15) is 81.2 Å². The molecule has 0 atom stereocenters. The van der Waals surface area contributed by atoms with Gasteiger partial charge in [0, 0.05) is 28.9 Å². The molecule has 54 heavy (non-hydrogen) atoms. The summed E-state index contributed by atoms with van der Waals surface area (Å²) in [6.07, 6.45) is 3.68. The molecule has 266 valence electrons. The maximum absolute atomic E-state index is 10.7. The Kier molecular flexibility index (Phi) is 8.71. The number of aromatic nitrogens is 6. The first-order valence-electron chi connectivity index (χ1n) is 18.1. The SMILES string of the molecule is CC(C)c1cccc(C(C)C)c1-c1nnc2c3[c-]c(C(C)(C)c4[c-]c5c(nc4)c4ccccc4n5-c4ccccn4)c(C#N)cc3c3ccccc3n12.[Pt+2]. The first kappa shape index (κ1) is 35.3. The predicted molar refractivity (Wildman–Crippen MR) is 212 cm³/mol. The van der Waals surface area contributed by atoms with Gasteiger partial charge in [0.15, 0.2) is 5.82 Å². The molecular formula is C46H37N7Pt. The Morgan fingerprint density at radius 3 is 2.11 bits per heavy atom. The maximum atomic E-state index is 10.7. The van der Waals surface area contributed by atoms with Crippen molar-refractivity contribution in [1.29, 1.82) is 5.26 Å². The minimum absolute atomic E-state index is 0. The van der Waals surface area contributed by atoms with Gasteiger partial charge in [0.1, 0.15) is 5.82 Å². The van der Waals surface area contributed by atoms with Gasteiger partial charge in [-0.2, -0.15) is 11.2 Å². The van der Waals surface area contributed by atoms with Crippen molar-refractivity contribution in [3.63, 3.8) is 0 Å². The maximum Gasteiger partial charge on any atom is 2.00 e. The Balaban J connectivity index is 0.00000413. The molecule has 4 aromatic carbocycles. The van der Waals surface area contributed by atoms with Gasteiger partial charge in [-0.3, -0.25) is 0 Å². The summed E-state index contributed by atoms with van der Waals surface area (Å²) in [5.74, 6) is 2.19. The van der Waals surface area contributed by atoms with Gasteiger partial charge >= 0.3 is 21.1 Å². The fraction of sp³-hybridized carbons (Fsp3) is 0.196. The van der Waals surface area contributed by atoms with Crippen LogP contribution >= 0.6 is 0 Å². The summed E-state index contributed by atoms with van der Waals surface area (Å²) in [6, 6.07) is 41.0. The van der Waals surface area contributed by atoms with Gasteiger partial charge in [-0.05, 0) is 80.0 Å². The third-order valence-electron chi connectivity index (χ3n) is 10.7. The normalized spacial score (nSPS) is 12.1. The van der Waals surface area contributed by atoms with Crippen LogP contribution < -0.4 is 0 Å². The molecule has 5 aromatic heterocycles. The summed E-state index contributed by atoms with van der Waals surface area (Å²) in [5.41, 5.74) is 9.39. The van der Waals surface area contributed by atoms with Crippen LogP contribution in [-0.2, 0) is 26.5 Å². The number of pyridine rings is 3. The average molecular weight is 883 g/mol. The van der Waals surface area contributed by atoms with Crippen molar-refractivity contribution in [3.05, 3.63) is 143 Å². The Labute approximate surface area is 328 Å². The van der Waals surface area contributed by atoms with Crippen molar-refractivity contribution in [2.45, 2.75) is 58.8 Å². The fourth-order valence-electron chi connectivity index (χ4n) is 7.99. The molecule has 0 radical (unpaired) electrons. The van der Waals surface area contributed by atoms with E-state index in [1.165, 1.54) is 11.1 Å². The van der Waals surface area contributed by atoms with Gasteiger partial charge in [0.2, 0.25) is 0 Å². The van der Waals surface area contributed by atoms with Crippen molar-refractivity contribution in [1.82, 2.24) is 29.1 Å². The van der Waals surface area contributed by atoms with Gasteiger partial charge in [-0.1, -0.05) is 119 Å². The topological polar surface area (TPSA) is 84.7 Å². The van der Waals surface area contributed by atoms with Crippen molar-refractivity contribution in [3.8, 4) is 23.3 Å². The number of hydrogen-bond donors (Lipinski definition) is 0. The minimum atomic E-state index is -0.716. The van der Waals surface area contributed by atoms with Crippen LogP contribution in [0.2, 0.25) is 0 Å². The van der Waals surface area contributed by atoms with Crippen molar-refractivity contribution in [2.24, 2.45) is 0 Å². The second-order valence-electron chi connectivity index (χ2n) is 14.9. The quantitative estimate of drug-likeness (QED) is 0.123. The largest absolute Gasteiger partial charge is 2.00 e. The first-order valence-corrected chi connectivity index (χ1v) is 18.1. The second-order valence-corrected chi connectivity index (χ2v) is 14.9. The third-order valence-corrected chi connectivity index (χ3v) is 10.7. The molecule has 0 unspecified atom stereocenters. The molecule has 0 N–H and O–H groups in total. The van der Waals surface area contributed by atoms with Gasteiger partial charge < -0.3 is 14.0 Å². The second kappa shape index (κ2) is 13.3. The smallest absolute Gasteiger partial charge is 0.380 e. The molecular weight excluding hydrogens is 846 g/mol. The van der Waals surface area contributed by atoms with Crippen LogP contribution in [-0.4, -0.2) is 29.1 Å².